The first-order valence-electron chi connectivity index (χ1n) is 10.5. The quantitative estimate of drug-likeness (QED) is 0.784. The van der Waals surface area contributed by atoms with Crippen LogP contribution in [-0.4, -0.2) is 60.9 Å². The van der Waals surface area contributed by atoms with Crippen LogP contribution in [0.15, 0.2) is 12.1 Å². The highest BCUT2D eigenvalue weighted by molar-refractivity contribution is 7.99. The minimum Gasteiger partial charge on any atom is -0.489 e. The number of carbonyl (C=O) groups excluding carboxylic acids is 2. The number of nitrogens with one attached hydrogen (secondary N) is 1. The van der Waals surface area contributed by atoms with Crippen LogP contribution in [-0.2, 0) is 9.53 Å². The van der Waals surface area contributed by atoms with Crippen molar-refractivity contribution in [3.63, 3.8) is 0 Å². The number of ether oxygens (including phenoxy) is 2. The van der Waals surface area contributed by atoms with Gasteiger partial charge in [-0.25, -0.2) is 9.18 Å². The molecule has 0 radical (unpaired) electrons. The minimum atomic E-state index is -0.536. The summed E-state index contributed by atoms with van der Waals surface area (Å²) in [5.41, 5.74) is 0.960. The van der Waals surface area contributed by atoms with Gasteiger partial charge in [-0.2, -0.15) is 11.8 Å². The number of hydrogen-bond acceptors (Lipinski definition) is 6. The Bertz CT molecular complexity index is 866. The number of amides is 2. The lowest BCUT2D eigenvalue weighted by atomic mass is 10.1. The molecular weight excluding hydrogens is 409 g/mol. The lowest BCUT2D eigenvalue weighted by Gasteiger charge is -2.38. The number of hydrogen-bond donors (Lipinski definition) is 1. The maximum Gasteiger partial charge on any atom is 0.415 e. The van der Waals surface area contributed by atoms with Crippen LogP contribution < -0.4 is 19.9 Å². The topological polar surface area (TPSA) is 71.1 Å². The molecule has 162 valence electrons. The van der Waals surface area contributed by atoms with Gasteiger partial charge in [0.1, 0.15) is 30.3 Å². The van der Waals surface area contributed by atoms with Crippen molar-refractivity contribution in [2.45, 2.75) is 50.9 Å². The van der Waals surface area contributed by atoms with E-state index in [1.54, 1.807) is 19.9 Å². The summed E-state index contributed by atoms with van der Waals surface area (Å²) in [5.74, 6) is 1.93. The SMILES string of the molecule is CC(C)C(=O)NC[C@@H]1OC(=O)N2c3cc(F)c(N4C5CCC4CSC5)cc3OC[C@@H]12. The summed E-state index contributed by atoms with van der Waals surface area (Å²) in [7, 11) is 0. The van der Waals surface area contributed by atoms with Gasteiger partial charge in [-0.05, 0) is 12.8 Å². The van der Waals surface area contributed by atoms with Gasteiger partial charge in [0.2, 0.25) is 5.91 Å². The third-order valence-corrected chi connectivity index (χ3v) is 7.67. The van der Waals surface area contributed by atoms with Crippen LogP contribution in [0.3, 0.4) is 0 Å². The van der Waals surface area contributed by atoms with E-state index in [-0.39, 0.29) is 30.8 Å². The summed E-state index contributed by atoms with van der Waals surface area (Å²) in [4.78, 5) is 28.1. The van der Waals surface area contributed by atoms with Crippen molar-refractivity contribution < 1.29 is 23.5 Å². The van der Waals surface area contributed by atoms with Crippen LogP contribution in [0.25, 0.3) is 0 Å². The van der Waals surface area contributed by atoms with E-state index in [4.69, 9.17) is 9.47 Å². The zero-order valence-corrected chi connectivity index (χ0v) is 17.9. The van der Waals surface area contributed by atoms with Gasteiger partial charge in [-0.15, -0.1) is 0 Å². The second kappa shape index (κ2) is 7.51. The molecule has 0 aliphatic carbocycles. The first kappa shape index (κ1) is 19.8. The van der Waals surface area contributed by atoms with E-state index in [1.807, 2.05) is 11.8 Å². The molecule has 30 heavy (non-hydrogen) atoms. The van der Waals surface area contributed by atoms with Gasteiger partial charge in [-0.1, -0.05) is 13.8 Å². The first-order valence-corrected chi connectivity index (χ1v) is 11.7. The summed E-state index contributed by atoms with van der Waals surface area (Å²) in [5, 5.41) is 2.80. The molecule has 3 saturated heterocycles. The molecule has 0 saturated carbocycles. The highest BCUT2D eigenvalue weighted by atomic mass is 32.2. The maximum atomic E-state index is 15.2. The molecule has 2 unspecified atom stereocenters. The Morgan fingerprint density at radius 2 is 2.00 bits per heavy atom. The maximum absolute atomic E-state index is 15.2. The summed E-state index contributed by atoms with van der Waals surface area (Å²) in [6.45, 7) is 4.05. The van der Waals surface area contributed by atoms with E-state index in [2.05, 4.69) is 10.2 Å². The molecule has 7 nitrogen and oxygen atoms in total. The Morgan fingerprint density at radius 3 is 2.70 bits per heavy atom. The van der Waals surface area contributed by atoms with Crippen LogP contribution in [0, 0.1) is 11.7 Å². The van der Waals surface area contributed by atoms with E-state index in [1.165, 1.54) is 11.0 Å². The van der Waals surface area contributed by atoms with Crippen molar-refractivity contribution in [1.82, 2.24) is 5.32 Å². The fraction of sp³-hybridized carbons (Fsp3) is 0.619. The molecule has 1 N–H and O–H groups in total. The number of rotatable bonds is 4. The molecule has 1 aromatic rings. The number of cyclic esters (lactones) is 1. The predicted molar refractivity (Wildman–Crippen MR) is 113 cm³/mol. The van der Waals surface area contributed by atoms with Crippen molar-refractivity contribution in [2.75, 3.05) is 34.5 Å². The second-order valence-corrected chi connectivity index (χ2v) is 9.75. The monoisotopic (exact) mass is 435 g/mol. The molecule has 9 heteroatoms. The van der Waals surface area contributed by atoms with Crippen molar-refractivity contribution in [1.29, 1.82) is 0 Å². The number of anilines is 2. The van der Waals surface area contributed by atoms with E-state index in [9.17, 15) is 9.59 Å². The van der Waals surface area contributed by atoms with Gasteiger partial charge in [-0.3, -0.25) is 9.69 Å². The first-order chi connectivity index (χ1) is 14.4. The molecule has 3 fully saturated rings. The highest BCUT2D eigenvalue weighted by Gasteiger charge is 2.47. The van der Waals surface area contributed by atoms with Crippen LogP contribution >= 0.6 is 11.8 Å². The van der Waals surface area contributed by atoms with Crippen molar-refractivity contribution in [2.24, 2.45) is 5.92 Å². The van der Waals surface area contributed by atoms with Gasteiger partial charge >= 0.3 is 6.09 Å². The lowest BCUT2D eigenvalue weighted by molar-refractivity contribution is -0.124. The van der Waals surface area contributed by atoms with Crippen molar-refractivity contribution in [3.05, 3.63) is 17.9 Å². The van der Waals surface area contributed by atoms with Gasteiger partial charge < -0.3 is 19.7 Å². The second-order valence-electron chi connectivity index (χ2n) is 8.67. The number of nitrogens with zero attached hydrogens (tertiary/aromatic N) is 2. The number of fused-ring (bicyclic) bond motifs is 5. The van der Waals surface area contributed by atoms with Crippen LogP contribution in [0.5, 0.6) is 5.75 Å². The van der Waals surface area contributed by atoms with E-state index in [0.717, 1.165) is 24.3 Å². The average Bonchev–Trinajstić information content (AvgIpc) is 3.17. The Kier molecular flexibility index (Phi) is 4.95. The van der Waals surface area contributed by atoms with E-state index >= 15 is 4.39 Å². The molecule has 1 aromatic carbocycles. The highest BCUT2D eigenvalue weighted by Crippen LogP contribution is 2.45. The fourth-order valence-corrected chi connectivity index (χ4v) is 6.17. The molecular formula is C21H26FN3O4S. The van der Waals surface area contributed by atoms with Gasteiger partial charge in [0.05, 0.1) is 17.9 Å². The number of thioether (sulfide) groups is 1. The predicted octanol–water partition coefficient (Wildman–Crippen LogP) is 2.77. The largest absolute Gasteiger partial charge is 0.489 e. The summed E-state index contributed by atoms with van der Waals surface area (Å²) in [6, 6.07) is 3.44. The number of benzene rings is 1. The molecule has 5 rings (SSSR count). The summed E-state index contributed by atoms with van der Waals surface area (Å²) in [6.07, 6.45) is 1.10. The fourth-order valence-electron chi connectivity index (χ4n) is 4.84. The van der Waals surface area contributed by atoms with Crippen LogP contribution in [0.2, 0.25) is 0 Å². The Morgan fingerprint density at radius 1 is 1.27 bits per heavy atom. The Balaban J connectivity index is 1.39. The molecule has 4 heterocycles. The molecule has 4 atom stereocenters. The molecule has 4 aliphatic rings. The lowest BCUT2D eigenvalue weighted by Crippen LogP contribution is -2.48. The molecule has 2 amide bonds. The smallest absolute Gasteiger partial charge is 0.415 e. The molecule has 0 aromatic heterocycles. The van der Waals surface area contributed by atoms with Crippen LogP contribution in [0.1, 0.15) is 26.7 Å². The van der Waals surface area contributed by atoms with Gasteiger partial charge in [0.25, 0.3) is 0 Å². The Hall–Kier alpha value is -2.16. The Labute approximate surface area is 179 Å². The zero-order chi connectivity index (χ0) is 21.0. The van der Waals surface area contributed by atoms with Crippen molar-refractivity contribution in [3.8, 4) is 5.75 Å². The summed E-state index contributed by atoms with van der Waals surface area (Å²) >= 11 is 1.93. The van der Waals surface area contributed by atoms with Crippen molar-refractivity contribution >= 4 is 35.1 Å². The van der Waals surface area contributed by atoms with Crippen LogP contribution in [0.4, 0.5) is 20.6 Å². The number of halogens is 1. The summed E-state index contributed by atoms with van der Waals surface area (Å²) < 4.78 is 26.7. The zero-order valence-electron chi connectivity index (χ0n) is 17.1. The third-order valence-electron chi connectivity index (χ3n) is 6.43. The van der Waals surface area contributed by atoms with E-state index < -0.39 is 18.2 Å². The molecule has 4 aliphatic heterocycles. The standard InChI is InChI=1S/C21H26FN3O4S/c1-11(2)20(26)23-7-19-17-8-28-18-6-15(24-12-3-4-13(24)10-30-9-12)14(22)5-16(18)25(17)21(27)29-19/h5-6,11-13,17,19H,3-4,7-10H2,1-2H3,(H,23,26)/t12?,13?,17-,19-/m0/s1. The average molecular weight is 436 g/mol. The number of carbonyl (C=O) groups is 2. The van der Waals surface area contributed by atoms with Gasteiger partial charge in [0, 0.05) is 41.6 Å². The van der Waals surface area contributed by atoms with Gasteiger partial charge in [0.15, 0.2) is 0 Å². The minimum absolute atomic E-state index is 0.105. The van der Waals surface area contributed by atoms with E-state index in [0.29, 0.717) is 29.2 Å². The molecule has 0 spiro atoms. The molecule has 2 bridgehead atoms. The third kappa shape index (κ3) is 3.18. The normalized spacial score (nSPS) is 29.4.